The second-order valence-electron chi connectivity index (χ2n) is 6.45. The van der Waals surface area contributed by atoms with Gasteiger partial charge in [0.15, 0.2) is 0 Å². The van der Waals surface area contributed by atoms with Gasteiger partial charge in [0.1, 0.15) is 5.75 Å². The lowest BCUT2D eigenvalue weighted by molar-refractivity contribution is -0.113. The van der Waals surface area contributed by atoms with Crippen LogP contribution in [0.5, 0.6) is 5.75 Å². The second kappa shape index (κ2) is 9.35. The highest BCUT2D eigenvalue weighted by atomic mass is 32.2. The van der Waals surface area contributed by atoms with Gasteiger partial charge in [-0.2, -0.15) is 5.26 Å². The normalized spacial score (nSPS) is 16.1. The number of carbonyl (C=O) groups is 1. The predicted molar refractivity (Wildman–Crippen MR) is 117 cm³/mol. The zero-order valence-corrected chi connectivity index (χ0v) is 17.5. The van der Waals surface area contributed by atoms with Crippen LogP contribution in [0, 0.1) is 11.3 Å². The molecule has 1 aliphatic rings. The molecule has 2 aromatic rings. The number of nitrogens with zero attached hydrogens (tertiary/aromatic N) is 1. The lowest BCUT2D eigenvalue weighted by Gasteiger charge is -2.30. The van der Waals surface area contributed by atoms with Crippen molar-refractivity contribution in [1.29, 1.82) is 5.26 Å². The first-order valence-electron chi connectivity index (χ1n) is 9.34. The molecule has 0 saturated heterocycles. The van der Waals surface area contributed by atoms with Crippen molar-refractivity contribution in [2.75, 3.05) is 18.2 Å². The number of dihydropyridines is 1. The molecule has 0 saturated carbocycles. The number of methoxy groups -OCH3 is 1. The summed E-state index contributed by atoms with van der Waals surface area (Å²) in [6.07, 6.45) is 0. The Morgan fingerprint density at radius 1 is 1.21 bits per heavy atom. The highest BCUT2D eigenvalue weighted by Crippen LogP contribution is 2.41. The van der Waals surface area contributed by atoms with Crippen molar-refractivity contribution < 1.29 is 9.53 Å². The van der Waals surface area contributed by atoms with Crippen molar-refractivity contribution in [2.45, 2.75) is 19.8 Å². The number of rotatable bonds is 6. The molecule has 1 amide bonds. The van der Waals surface area contributed by atoms with Gasteiger partial charge in [-0.05, 0) is 30.4 Å². The summed E-state index contributed by atoms with van der Waals surface area (Å²) in [6.45, 7) is 3.91. The minimum absolute atomic E-state index is 0.262. The van der Waals surface area contributed by atoms with Crippen LogP contribution in [-0.2, 0) is 4.79 Å². The van der Waals surface area contributed by atoms with Crippen molar-refractivity contribution >= 4 is 23.4 Å². The second-order valence-corrected chi connectivity index (χ2v) is 7.72. The maximum absolute atomic E-state index is 13.4. The van der Waals surface area contributed by atoms with Crippen molar-refractivity contribution in [2.24, 2.45) is 0 Å². The summed E-state index contributed by atoms with van der Waals surface area (Å²) in [5, 5.41) is 17.0. The molecule has 0 fully saturated rings. The van der Waals surface area contributed by atoms with E-state index in [9.17, 15) is 10.1 Å². The Morgan fingerprint density at radius 3 is 2.55 bits per heavy atom. The topological polar surface area (TPSA) is 74.2 Å². The van der Waals surface area contributed by atoms with E-state index in [1.165, 1.54) is 0 Å². The van der Waals surface area contributed by atoms with Gasteiger partial charge in [-0.1, -0.05) is 49.4 Å². The fourth-order valence-electron chi connectivity index (χ4n) is 3.39. The molecule has 0 aromatic heterocycles. The molecule has 6 heteroatoms. The van der Waals surface area contributed by atoms with Crippen LogP contribution >= 0.6 is 11.8 Å². The standard InChI is InChI=1S/C23H23N3O2S/c1-4-29-23-17(14-24)21(16-10-6-5-7-11-16)20(15(2)25-23)22(27)26-18-12-8-9-13-19(18)28-3/h5-13,21,25H,4H2,1-3H3,(H,26,27). The maximum atomic E-state index is 13.4. The summed E-state index contributed by atoms with van der Waals surface area (Å²) in [5.41, 5.74) is 3.31. The first-order valence-corrected chi connectivity index (χ1v) is 10.3. The fourth-order valence-corrected chi connectivity index (χ4v) is 4.22. The quantitative estimate of drug-likeness (QED) is 0.723. The smallest absolute Gasteiger partial charge is 0.254 e. The Bertz CT molecular complexity index is 1010. The van der Waals surface area contributed by atoms with E-state index in [4.69, 9.17) is 4.74 Å². The molecule has 5 nitrogen and oxygen atoms in total. The molecule has 0 radical (unpaired) electrons. The minimum atomic E-state index is -0.439. The van der Waals surface area contributed by atoms with Gasteiger partial charge in [0.25, 0.3) is 5.91 Å². The van der Waals surface area contributed by atoms with E-state index in [1.807, 2.05) is 56.3 Å². The third-order valence-corrected chi connectivity index (χ3v) is 5.57. The molecule has 1 aliphatic heterocycles. The van der Waals surface area contributed by atoms with Gasteiger partial charge in [0.2, 0.25) is 0 Å². The van der Waals surface area contributed by atoms with Crippen LogP contribution in [0.3, 0.4) is 0 Å². The van der Waals surface area contributed by atoms with Crippen LogP contribution in [-0.4, -0.2) is 18.8 Å². The molecule has 1 unspecified atom stereocenters. The maximum Gasteiger partial charge on any atom is 0.254 e. The summed E-state index contributed by atoms with van der Waals surface area (Å²) >= 11 is 1.57. The fraction of sp³-hybridized carbons (Fsp3) is 0.217. The van der Waals surface area contributed by atoms with Crippen LogP contribution in [0.15, 0.2) is 76.5 Å². The number of hydrogen-bond donors (Lipinski definition) is 2. The molecular weight excluding hydrogens is 382 g/mol. The van der Waals surface area contributed by atoms with Crippen molar-refractivity contribution in [3.05, 3.63) is 82.0 Å². The number of ether oxygens (including phenoxy) is 1. The zero-order valence-electron chi connectivity index (χ0n) is 16.7. The predicted octanol–water partition coefficient (Wildman–Crippen LogP) is 4.78. The van der Waals surface area contributed by atoms with Gasteiger partial charge < -0.3 is 15.4 Å². The Balaban J connectivity index is 2.06. The molecule has 148 valence electrons. The van der Waals surface area contributed by atoms with E-state index in [0.717, 1.165) is 22.0 Å². The number of para-hydroxylation sites is 2. The van der Waals surface area contributed by atoms with E-state index in [2.05, 4.69) is 16.7 Å². The molecule has 3 rings (SSSR count). The zero-order chi connectivity index (χ0) is 20.8. The lowest BCUT2D eigenvalue weighted by Crippen LogP contribution is -2.30. The molecular formula is C23H23N3O2S. The molecule has 2 N–H and O–H groups in total. The van der Waals surface area contributed by atoms with Crippen molar-refractivity contribution in [1.82, 2.24) is 5.32 Å². The first kappa shape index (κ1) is 20.6. The van der Waals surface area contributed by atoms with Crippen LogP contribution in [0.1, 0.15) is 25.3 Å². The summed E-state index contributed by atoms with van der Waals surface area (Å²) < 4.78 is 5.35. The lowest BCUT2D eigenvalue weighted by atomic mass is 9.82. The van der Waals surface area contributed by atoms with E-state index in [1.54, 1.807) is 31.0 Å². The van der Waals surface area contributed by atoms with E-state index >= 15 is 0 Å². The van der Waals surface area contributed by atoms with Gasteiger partial charge in [-0.3, -0.25) is 4.79 Å². The van der Waals surface area contributed by atoms with E-state index < -0.39 is 5.92 Å². The highest BCUT2D eigenvalue weighted by Gasteiger charge is 2.34. The summed E-state index contributed by atoms with van der Waals surface area (Å²) in [4.78, 5) is 13.4. The van der Waals surface area contributed by atoms with Gasteiger partial charge >= 0.3 is 0 Å². The molecule has 0 spiro atoms. The molecule has 1 atom stereocenters. The molecule has 1 heterocycles. The first-order chi connectivity index (χ1) is 14.1. The number of carbonyl (C=O) groups excluding carboxylic acids is 1. The number of thioether (sulfide) groups is 1. The van der Waals surface area contributed by atoms with Crippen LogP contribution in [0.2, 0.25) is 0 Å². The van der Waals surface area contributed by atoms with Gasteiger partial charge in [0, 0.05) is 11.3 Å². The SMILES string of the molecule is CCSC1=C(C#N)C(c2ccccc2)C(C(=O)Nc2ccccc2OC)=C(C)N1. The number of benzene rings is 2. The third kappa shape index (κ3) is 4.30. The van der Waals surface area contributed by atoms with Gasteiger partial charge in [0.05, 0.1) is 35.4 Å². The number of nitrogens with one attached hydrogen (secondary N) is 2. The van der Waals surface area contributed by atoms with E-state index in [0.29, 0.717) is 22.6 Å². The Morgan fingerprint density at radius 2 is 1.90 bits per heavy atom. The number of amides is 1. The Labute approximate surface area is 175 Å². The van der Waals surface area contributed by atoms with Crippen LogP contribution in [0.4, 0.5) is 5.69 Å². The molecule has 0 bridgehead atoms. The molecule has 2 aromatic carbocycles. The number of allylic oxidation sites excluding steroid dienone is 2. The number of hydrogen-bond acceptors (Lipinski definition) is 5. The summed E-state index contributed by atoms with van der Waals surface area (Å²) in [6, 6.07) is 19.3. The Hall–Kier alpha value is -3.17. The highest BCUT2D eigenvalue weighted by molar-refractivity contribution is 8.03. The minimum Gasteiger partial charge on any atom is -0.495 e. The Kier molecular flexibility index (Phi) is 6.63. The summed E-state index contributed by atoms with van der Waals surface area (Å²) in [5.74, 6) is 0.704. The third-order valence-electron chi connectivity index (χ3n) is 4.67. The van der Waals surface area contributed by atoms with Gasteiger partial charge in [-0.15, -0.1) is 11.8 Å². The van der Waals surface area contributed by atoms with Crippen LogP contribution in [0.25, 0.3) is 0 Å². The average Bonchev–Trinajstić information content (AvgIpc) is 2.74. The van der Waals surface area contributed by atoms with Crippen molar-refractivity contribution in [3.8, 4) is 11.8 Å². The van der Waals surface area contributed by atoms with Gasteiger partial charge in [-0.25, -0.2) is 0 Å². The van der Waals surface area contributed by atoms with E-state index in [-0.39, 0.29) is 5.91 Å². The average molecular weight is 406 g/mol. The number of anilines is 1. The largest absolute Gasteiger partial charge is 0.495 e. The number of nitriles is 1. The molecule has 29 heavy (non-hydrogen) atoms. The van der Waals surface area contributed by atoms with Crippen molar-refractivity contribution in [3.63, 3.8) is 0 Å². The monoisotopic (exact) mass is 405 g/mol. The summed E-state index contributed by atoms with van der Waals surface area (Å²) in [7, 11) is 1.56. The van der Waals surface area contributed by atoms with Crippen LogP contribution < -0.4 is 15.4 Å². The molecule has 0 aliphatic carbocycles.